The summed E-state index contributed by atoms with van der Waals surface area (Å²) in [7, 11) is 0. The molecule has 10 rings (SSSR count). The predicted molar refractivity (Wildman–Crippen MR) is 207 cm³/mol. The van der Waals surface area contributed by atoms with E-state index in [4.69, 9.17) is 19.4 Å². The van der Waals surface area contributed by atoms with Gasteiger partial charge in [-0.15, -0.1) is 11.3 Å². The highest BCUT2D eigenvalue weighted by Crippen LogP contribution is 2.37. The standard InChI is InChI=1S/C45H27N3OS/c1-2-9-28(10-3-1)31-11-8-12-33(25-31)44-46-43(47-45(48-44)34-22-23-36-35-13-4-6-15-39(35)49-40(36)26-34)30-19-17-29(18-20-30)32-21-24-38-37-14-5-7-16-41(37)50-42(38)27-32/h1-27H. The van der Waals surface area contributed by atoms with Gasteiger partial charge < -0.3 is 4.42 Å². The molecule has 3 aromatic heterocycles. The van der Waals surface area contributed by atoms with Crippen molar-refractivity contribution in [1.82, 2.24) is 15.0 Å². The molecule has 0 saturated heterocycles. The molecule has 0 saturated carbocycles. The number of fused-ring (bicyclic) bond motifs is 6. The lowest BCUT2D eigenvalue weighted by Crippen LogP contribution is -2.00. The third kappa shape index (κ3) is 4.95. The molecule has 0 N–H and O–H groups in total. The summed E-state index contributed by atoms with van der Waals surface area (Å²) < 4.78 is 8.84. The van der Waals surface area contributed by atoms with Gasteiger partial charge in [0.25, 0.3) is 0 Å². The van der Waals surface area contributed by atoms with Gasteiger partial charge in [-0.1, -0.05) is 127 Å². The van der Waals surface area contributed by atoms with Crippen molar-refractivity contribution in [3.8, 4) is 56.4 Å². The van der Waals surface area contributed by atoms with Crippen LogP contribution in [0.15, 0.2) is 168 Å². The van der Waals surface area contributed by atoms with Gasteiger partial charge in [-0.3, -0.25) is 0 Å². The summed E-state index contributed by atoms with van der Waals surface area (Å²) in [6.45, 7) is 0. The van der Waals surface area contributed by atoms with Crippen molar-refractivity contribution in [2.45, 2.75) is 0 Å². The van der Waals surface area contributed by atoms with Crippen molar-refractivity contribution in [3.05, 3.63) is 164 Å². The highest BCUT2D eigenvalue weighted by atomic mass is 32.1. The molecule has 3 heterocycles. The van der Waals surface area contributed by atoms with Crippen molar-refractivity contribution in [3.63, 3.8) is 0 Å². The number of furan rings is 1. The SMILES string of the molecule is c1ccc(-c2cccc(-c3nc(-c4ccc(-c5ccc6c(c5)sc5ccccc56)cc4)nc(-c4ccc5c(c4)oc4ccccc45)n3)c2)cc1. The molecule has 7 aromatic carbocycles. The number of thiophene rings is 1. The molecule has 0 radical (unpaired) electrons. The van der Waals surface area contributed by atoms with E-state index in [0.29, 0.717) is 17.5 Å². The zero-order chi connectivity index (χ0) is 33.0. The van der Waals surface area contributed by atoms with Gasteiger partial charge in [0, 0.05) is 47.6 Å². The van der Waals surface area contributed by atoms with Crippen LogP contribution in [-0.4, -0.2) is 15.0 Å². The smallest absolute Gasteiger partial charge is 0.164 e. The molecule has 0 aliphatic heterocycles. The van der Waals surface area contributed by atoms with Gasteiger partial charge in [0.1, 0.15) is 11.2 Å². The number of rotatable bonds is 5. The van der Waals surface area contributed by atoms with E-state index in [1.165, 1.54) is 25.7 Å². The van der Waals surface area contributed by atoms with Crippen LogP contribution in [0.3, 0.4) is 0 Å². The van der Waals surface area contributed by atoms with E-state index >= 15 is 0 Å². The second-order valence-corrected chi connectivity index (χ2v) is 13.5. The van der Waals surface area contributed by atoms with Crippen molar-refractivity contribution < 1.29 is 4.42 Å². The molecule has 0 spiro atoms. The van der Waals surface area contributed by atoms with E-state index < -0.39 is 0 Å². The lowest BCUT2D eigenvalue weighted by atomic mass is 10.0. The molecular formula is C45H27N3OS. The van der Waals surface area contributed by atoms with E-state index in [-0.39, 0.29) is 0 Å². The Labute approximate surface area is 292 Å². The third-order valence-corrected chi connectivity index (χ3v) is 10.5. The molecule has 0 aliphatic carbocycles. The maximum atomic E-state index is 6.24. The summed E-state index contributed by atoms with van der Waals surface area (Å²) in [6.07, 6.45) is 0. The molecule has 0 bridgehead atoms. The third-order valence-electron chi connectivity index (χ3n) is 9.36. The quantitative estimate of drug-likeness (QED) is 0.185. The van der Waals surface area contributed by atoms with Crippen LogP contribution in [0.25, 0.3) is 98.5 Å². The molecule has 0 aliphatic rings. The van der Waals surface area contributed by atoms with E-state index in [1.807, 2.05) is 41.7 Å². The largest absolute Gasteiger partial charge is 0.456 e. The average Bonchev–Trinajstić information content (AvgIpc) is 3.76. The maximum Gasteiger partial charge on any atom is 0.164 e. The number of nitrogens with zero attached hydrogens (tertiary/aromatic N) is 3. The van der Waals surface area contributed by atoms with Crippen LogP contribution in [0.1, 0.15) is 0 Å². The first kappa shape index (κ1) is 28.6. The second kappa shape index (κ2) is 11.6. The van der Waals surface area contributed by atoms with Crippen LogP contribution >= 0.6 is 11.3 Å². The lowest BCUT2D eigenvalue weighted by Gasteiger charge is -2.10. The maximum absolute atomic E-state index is 6.24. The minimum Gasteiger partial charge on any atom is -0.456 e. The number of para-hydroxylation sites is 1. The van der Waals surface area contributed by atoms with Gasteiger partial charge in [-0.2, -0.15) is 0 Å². The van der Waals surface area contributed by atoms with Crippen molar-refractivity contribution in [2.24, 2.45) is 0 Å². The zero-order valence-electron chi connectivity index (χ0n) is 26.7. The Bertz CT molecular complexity index is 2870. The fourth-order valence-electron chi connectivity index (χ4n) is 6.81. The lowest BCUT2D eigenvalue weighted by molar-refractivity contribution is 0.669. The first-order valence-electron chi connectivity index (χ1n) is 16.6. The van der Waals surface area contributed by atoms with Gasteiger partial charge in [0.15, 0.2) is 17.5 Å². The van der Waals surface area contributed by atoms with Crippen molar-refractivity contribution in [1.29, 1.82) is 0 Å². The molecule has 50 heavy (non-hydrogen) atoms. The molecule has 10 aromatic rings. The summed E-state index contributed by atoms with van der Waals surface area (Å²) in [4.78, 5) is 15.1. The van der Waals surface area contributed by atoms with Gasteiger partial charge >= 0.3 is 0 Å². The predicted octanol–water partition coefficient (Wildman–Crippen LogP) is 12.5. The number of benzene rings is 7. The minimum absolute atomic E-state index is 0.594. The van der Waals surface area contributed by atoms with Crippen LogP contribution < -0.4 is 0 Å². The molecule has 5 heteroatoms. The molecule has 0 unspecified atom stereocenters. The van der Waals surface area contributed by atoms with Crippen LogP contribution in [0.4, 0.5) is 0 Å². The summed E-state index contributed by atoms with van der Waals surface area (Å²) in [5, 5.41) is 4.77. The van der Waals surface area contributed by atoms with Gasteiger partial charge in [0.05, 0.1) is 0 Å². The molecule has 0 amide bonds. The molecule has 0 fully saturated rings. The highest BCUT2D eigenvalue weighted by Gasteiger charge is 2.16. The van der Waals surface area contributed by atoms with Crippen molar-refractivity contribution >= 4 is 53.4 Å². The Balaban J connectivity index is 1.08. The van der Waals surface area contributed by atoms with E-state index in [9.17, 15) is 0 Å². The van der Waals surface area contributed by atoms with Crippen LogP contribution in [0.2, 0.25) is 0 Å². The molecule has 0 atom stereocenters. The number of aromatic nitrogens is 3. The summed E-state index contributed by atoms with van der Waals surface area (Å²) >= 11 is 1.84. The minimum atomic E-state index is 0.594. The van der Waals surface area contributed by atoms with Crippen LogP contribution in [0.5, 0.6) is 0 Å². The Morgan fingerprint density at radius 1 is 0.320 bits per heavy atom. The Morgan fingerprint density at radius 2 is 0.840 bits per heavy atom. The van der Waals surface area contributed by atoms with Crippen LogP contribution in [0, 0.1) is 0 Å². The first-order chi connectivity index (χ1) is 24.7. The second-order valence-electron chi connectivity index (χ2n) is 12.4. The topological polar surface area (TPSA) is 51.8 Å². The van der Waals surface area contributed by atoms with Gasteiger partial charge in [0.2, 0.25) is 0 Å². The summed E-state index contributed by atoms with van der Waals surface area (Å²) in [5.74, 6) is 1.83. The Morgan fingerprint density at radius 3 is 1.68 bits per heavy atom. The van der Waals surface area contributed by atoms with Crippen molar-refractivity contribution in [2.75, 3.05) is 0 Å². The molecular weight excluding hydrogens is 631 g/mol. The Hall–Kier alpha value is -6.43. The Kier molecular flexibility index (Phi) is 6.64. The zero-order valence-corrected chi connectivity index (χ0v) is 27.6. The summed E-state index contributed by atoms with van der Waals surface area (Å²) in [5.41, 5.74) is 8.96. The van der Waals surface area contributed by atoms with E-state index in [2.05, 4.69) is 133 Å². The number of hydrogen-bond acceptors (Lipinski definition) is 5. The van der Waals surface area contributed by atoms with E-state index in [0.717, 1.165) is 55.3 Å². The molecule has 4 nitrogen and oxygen atoms in total. The normalized spacial score (nSPS) is 11.6. The number of hydrogen-bond donors (Lipinski definition) is 0. The molecule has 234 valence electrons. The summed E-state index contributed by atoms with van der Waals surface area (Å²) in [6, 6.07) is 57.0. The fraction of sp³-hybridized carbons (Fsp3) is 0. The fourth-order valence-corrected chi connectivity index (χ4v) is 7.96. The highest BCUT2D eigenvalue weighted by molar-refractivity contribution is 7.25. The van der Waals surface area contributed by atoms with Gasteiger partial charge in [-0.05, 0) is 58.7 Å². The van der Waals surface area contributed by atoms with Crippen LogP contribution in [-0.2, 0) is 0 Å². The van der Waals surface area contributed by atoms with Gasteiger partial charge in [-0.25, -0.2) is 15.0 Å². The first-order valence-corrected chi connectivity index (χ1v) is 17.4. The average molecular weight is 658 g/mol. The van der Waals surface area contributed by atoms with E-state index in [1.54, 1.807) is 0 Å². The monoisotopic (exact) mass is 657 g/mol.